The number of esters is 1. The van der Waals surface area contributed by atoms with Crippen molar-refractivity contribution in [2.24, 2.45) is 0 Å². The maximum absolute atomic E-state index is 11.2. The van der Waals surface area contributed by atoms with Gasteiger partial charge in [0, 0.05) is 5.69 Å². The second-order valence-corrected chi connectivity index (χ2v) is 3.44. The van der Waals surface area contributed by atoms with Crippen LogP contribution in [-0.2, 0) is 4.74 Å². The SMILES string of the molecule is COC(=O)c1cc(Cl)c2c(C)[nH]nc2n1. The summed E-state index contributed by atoms with van der Waals surface area (Å²) in [7, 11) is 1.29. The van der Waals surface area contributed by atoms with Crippen molar-refractivity contribution < 1.29 is 9.53 Å². The molecule has 6 heteroatoms. The predicted molar refractivity (Wildman–Crippen MR) is 55.0 cm³/mol. The predicted octanol–water partition coefficient (Wildman–Crippen LogP) is 1.71. The van der Waals surface area contributed by atoms with Gasteiger partial charge in [-0.1, -0.05) is 11.6 Å². The van der Waals surface area contributed by atoms with Gasteiger partial charge in [0.15, 0.2) is 11.3 Å². The van der Waals surface area contributed by atoms with Crippen LogP contribution in [0.3, 0.4) is 0 Å². The molecule has 0 unspecified atom stereocenters. The van der Waals surface area contributed by atoms with Crippen LogP contribution < -0.4 is 0 Å². The zero-order valence-corrected chi connectivity index (χ0v) is 8.92. The fourth-order valence-electron chi connectivity index (χ4n) is 1.33. The van der Waals surface area contributed by atoms with Gasteiger partial charge in [-0.15, -0.1) is 0 Å². The van der Waals surface area contributed by atoms with Gasteiger partial charge in [-0.05, 0) is 13.0 Å². The summed E-state index contributed by atoms with van der Waals surface area (Å²) >= 11 is 6.00. The minimum atomic E-state index is -0.528. The first-order valence-corrected chi connectivity index (χ1v) is 4.61. The first-order chi connectivity index (χ1) is 7.13. The number of aryl methyl sites for hydroxylation is 1. The summed E-state index contributed by atoms with van der Waals surface area (Å²) in [5, 5.41) is 7.84. The van der Waals surface area contributed by atoms with Crippen LogP contribution in [0.15, 0.2) is 6.07 Å². The normalized spacial score (nSPS) is 10.6. The van der Waals surface area contributed by atoms with E-state index in [1.807, 2.05) is 6.92 Å². The fourth-order valence-corrected chi connectivity index (χ4v) is 1.66. The van der Waals surface area contributed by atoms with E-state index in [0.29, 0.717) is 10.7 Å². The van der Waals surface area contributed by atoms with Gasteiger partial charge in [-0.3, -0.25) is 5.10 Å². The number of carbonyl (C=O) groups is 1. The lowest BCUT2D eigenvalue weighted by Gasteiger charge is -1.99. The lowest BCUT2D eigenvalue weighted by molar-refractivity contribution is 0.0594. The van der Waals surface area contributed by atoms with Gasteiger partial charge in [0.1, 0.15) is 0 Å². The lowest BCUT2D eigenvalue weighted by Crippen LogP contribution is -2.04. The molecule has 0 radical (unpaired) electrons. The van der Waals surface area contributed by atoms with E-state index in [9.17, 15) is 4.79 Å². The Kier molecular flexibility index (Phi) is 2.32. The molecular weight excluding hydrogens is 218 g/mol. The molecule has 78 valence electrons. The molecule has 0 saturated carbocycles. The number of aromatic nitrogens is 3. The van der Waals surface area contributed by atoms with Crippen molar-refractivity contribution in [2.45, 2.75) is 6.92 Å². The smallest absolute Gasteiger partial charge is 0.356 e. The largest absolute Gasteiger partial charge is 0.464 e. The fraction of sp³-hybridized carbons (Fsp3) is 0.222. The zero-order chi connectivity index (χ0) is 11.0. The molecule has 0 aromatic carbocycles. The molecule has 0 bridgehead atoms. The van der Waals surface area contributed by atoms with Gasteiger partial charge >= 0.3 is 5.97 Å². The number of nitrogens with zero attached hydrogens (tertiary/aromatic N) is 2. The molecule has 5 nitrogen and oxygen atoms in total. The average molecular weight is 226 g/mol. The average Bonchev–Trinajstić information content (AvgIpc) is 2.59. The maximum atomic E-state index is 11.2. The standard InChI is InChI=1S/C9H8ClN3O2/c1-4-7-5(10)3-6(9(14)15-2)11-8(7)13-12-4/h3H,1-2H3,(H,11,12,13). The van der Waals surface area contributed by atoms with Crippen molar-refractivity contribution in [2.75, 3.05) is 7.11 Å². The summed E-state index contributed by atoms with van der Waals surface area (Å²) in [6, 6.07) is 1.47. The number of hydrogen-bond donors (Lipinski definition) is 1. The zero-order valence-electron chi connectivity index (χ0n) is 8.17. The molecule has 1 N–H and O–H groups in total. The van der Waals surface area contributed by atoms with E-state index in [-0.39, 0.29) is 5.69 Å². The van der Waals surface area contributed by atoms with E-state index in [4.69, 9.17) is 11.6 Å². The number of aromatic amines is 1. The summed E-state index contributed by atoms with van der Waals surface area (Å²) in [5.41, 5.74) is 1.39. The van der Waals surface area contributed by atoms with Gasteiger partial charge in [0.2, 0.25) is 0 Å². The lowest BCUT2D eigenvalue weighted by atomic mass is 10.2. The van der Waals surface area contributed by atoms with Crippen molar-refractivity contribution in [1.29, 1.82) is 0 Å². The maximum Gasteiger partial charge on any atom is 0.356 e. The Balaban J connectivity index is 2.68. The summed E-state index contributed by atoms with van der Waals surface area (Å²) in [6.07, 6.45) is 0. The first kappa shape index (κ1) is 9.92. The molecule has 0 amide bonds. The second kappa shape index (κ2) is 3.51. The van der Waals surface area contributed by atoms with Crippen LogP contribution in [0.4, 0.5) is 0 Å². The third kappa shape index (κ3) is 1.55. The molecular formula is C9H8ClN3O2. The van der Waals surface area contributed by atoms with Gasteiger partial charge < -0.3 is 4.74 Å². The molecule has 0 aliphatic carbocycles. The van der Waals surface area contributed by atoms with E-state index in [1.54, 1.807) is 0 Å². The number of nitrogens with one attached hydrogen (secondary N) is 1. The van der Waals surface area contributed by atoms with Crippen LogP contribution in [-0.4, -0.2) is 28.3 Å². The number of ether oxygens (including phenoxy) is 1. The number of carbonyl (C=O) groups excluding carboxylic acids is 1. The molecule has 0 fully saturated rings. The Bertz CT molecular complexity index is 535. The molecule has 2 aromatic heterocycles. The Hall–Kier alpha value is -1.62. The summed E-state index contributed by atoms with van der Waals surface area (Å²) in [5.74, 6) is -0.528. The molecule has 0 spiro atoms. The van der Waals surface area contributed by atoms with Crippen LogP contribution in [0.5, 0.6) is 0 Å². The van der Waals surface area contributed by atoms with Crippen LogP contribution >= 0.6 is 11.6 Å². The topological polar surface area (TPSA) is 67.9 Å². The molecule has 2 heterocycles. The monoisotopic (exact) mass is 225 g/mol. The number of hydrogen-bond acceptors (Lipinski definition) is 4. The highest BCUT2D eigenvalue weighted by molar-refractivity contribution is 6.35. The third-order valence-corrected chi connectivity index (χ3v) is 2.35. The molecule has 15 heavy (non-hydrogen) atoms. The Morgan fingerprint density at radius 3 is 3.00 bits per heavy atom. The van der Waals surface area contributed by atoms with E-state index in [1.165, 1.54) is 13.2 Å². The van der Waals surface area contributed by atoms with E-state index < -0.39 is 5.97 Å². The number of methoxy groups -OCH3 is 1. The Morgan fingerprint density at radius 1 is 1.60 bits per heavy atom. The minimum absolute atomic E-state index is 0.154. The molecule has 2 aromatic rings. The number of H-pyrrole nitrogens is 1. The van der Waals surface area contributed by atoms with Crippen molar-refractivity contribution in [3.05, 3.63) is 22.5 Å². The number of fused-ring (bicyclic) bond motifs is 1. The van der Waals surface area contributed by atoms with E-state index in [0.717, 1.165) is 11.1 Å². The molecule has 0 aliphatic heterocycles. The van der Waals surface area contributed by atoms with E-state index in [2.05, 4.69) is 19.9 Å². The highest BCUT2D eigenvalue weighted by Crippen LogP contribution is 2.24. The molecule has 0 atom stereocenters. The van der Waals surface area contributed by atoms with Gasteiger partial charge in [0.25, 0.3) is 0 Å². The molecule has 0 aliphatic rings. The Labute approximate surface area is 90.4 Å². The quantitative estimate of drug-likeness (QED) is 0.751. The number of pyridine rings is 1. The van der Waals surface area contributed by atoms with E-state index >= 15 is 0 Å². The van der Waals surface area contributed by atoms with Crippen molar-refractivity contribution in [3.8, 4) is 0 Å². The van der Waals surface area contributed by atoms with Crippen LogP contribution in [0.25, 0.3) is 11.0 Å². The minimum Gasteiger partial charge on any atom is -0.464 e. The van der Waals surface area contributed by atoms with Crippen molar-refractivity contribution in [3.63, 3.8) is 0 Å². The van der Waals surface area contributed by atoms with Crippen LogP contribution in [0.2, 0.25) is 5.02 Å². The third-order valence-electron chi connectivity index (χ3n) is 2.05. The van der Waals surface area contributed by atoms with Gasteiger partial charge in [-0.2, -0.15) is 5.10 Å². The molecule has 2 rings (SSSR count). The highest BCUT2D eigenvalue weighted by atomic mass is 35.5. The first-order valence-electron chi connectivity index (χ1n) is 4.23. The summed E-state index contributed by atoms with van der Waals surface area (Å²) < 4.78 is 4.55. The van der Waals surface area contributed by atoms with Crippen molar-refractivity contribution in [1.82, 2.24) is 15.2 Å². The van der Waals surface area contributed by atoms with Crippen LogP contribution in [0.1, 0.15) is 16.2 Å². The number of rotatable bonds is 1. The highest BCUT2D eigenvalue weighted by Gasteiger charge is 2.14. The second-order valence-electron chi connectivity index (χ2n) is 3.03. The number of halogens is 1. The van der Waals surface area contributed by atoms with Crippen LogP contribution in [0, 0.1) is 6.92 Å². The Morgan fingerprint density at radius 2 is 2.33 bits per heavy atom. The van der Waals surface area contributed by atoms with Gasteiger partial charge in [0.05, 0.1) is 17.5 Å². The summed E-state index contributed by atoms with van der Waals surface area (Å²) in [6.45, 7) is 1.83. The summed E-state index contributed by atoms with van der Waals surface area (Å²) in [4.78, 5) is 15.3. The van der Waals surface area contributed by atoms with Gasteiger partial charge in [-0.25, -0.2) is 9.78 Å². The molecule has 0 saturated heterocycles. The van der Waals surface area contributed by atoms with Crippen molar-refractivity contribution >= 4 is 28.6 Å².